The predicted octanol–water partition coefficient (Wildman–Crippen LogP) is 7.67. The lowest BCUT2D eigenvalue weighted by molar-refractivity contribution is 0.631. The molecule has 25 heavy (non-hydrogen) atoms. The molecule has 1 aromatic heterocycles. The molecule has 5 aromatic rings. The Bertz CT molecular complexity index is 1250. The van der Waals surface area contributed by atoms with Crippen LogP contribution >= 0.6 is 22.9 Å². The Labute approximate surface area is 153 Å². The van der Waals surface area contributed by atoms with Crippen molar-refractivity contribution in [2.24, 2.45) is 0 Å². The maximum atomic E-state index is 14.5. The fourth-order valence-electron chi connectivity index (χ4n) is 3.52. The average molecular weight is 363 g/mol. The first-order valence-electron chi connectivity index (χ1n) is 8.01. The standard InChI is InChI=1S/C22H12ClFS/c23-17-8-4-9-18(24)21(17)15-7-3-10-19-20(15)16-12-11-13-5-1-2-6-14(13)22(16)25-19/h1-12H. The molecule has 0 amide bonds. The number of halogens is 2. The third kappa shape index (κ3) is 2.18. The van der Waals surface area contributed by atoms with E-state index in [4.69, 9.17) is 11.6 Å². The van der Waals surface area contributed by atoms with Gasteiger partial charge in [-0.3, -0.25) is 0 Å². The van der Waals surface area contributed by atoms with Crippen LogP contribution in [0, 0.1) is 5.82 Å². The molecule has 1 heterocycles. The van der Waals surface area contributed by atoms with Crippen LogP contribution in [0.2, 0.25) is 5.02 Å². The molecule has 0 nitrogen and oxygen atoms in total. The third-order valence-corrected chi connectivity index (χ3v) is 6.14. The maximum absolute atomic E-state index is 14.5. The molecule has 3 heteroatoms. The monoisotopic (exact) mass is 362 g/mol. The molecular weight excluding hydrogens is 351 g/mol. The van der Waals surface area contributed by atoms with E-state index in [-0.39, 0.29) is 5.82 Å². The van der Waals surface area contributed by atoms with Gasteiger partial charge in [-0.05, 0) is 34.5 Å². The first-order valence-corrected chi connectivity index (χ1v) is 9.21. The maximum Gasteiger partial charge on any atom is 0.132 e. The van der Waals surface area contributed by atoms with Crippen LogP contribution in [0.5, 0.6) is 0 Å². The molecule has 0 aliphatic carbocycles. The summed E-state index contributed by atoms with van der Waals surface area (Å²) >= 11 is 8.09. The van der Waals surface area contributed by atoms with E-state index in [1.54, 1.807) is 23.5 Å². The molecule has 4 aromatic carbocycles. The second kappa shape index (κ2) is 5.55. The molecule has 0 N–H and O–H groups in total. The van der Waals surface area contributed by atoms with Crippen LogP contribution in [0.3, 0.4) is 0 Å². The van der Waals surface area contributed by atoms with Crippen molar-refractivity contribution >= 4 is 53.9 Å². The van der Waals surface area contributed by atoms with Crippen molar-refractivity contribution in [2.75, 3.05) is 0 Å². The molecule has 120 valence electrons. The van der Waals surface area contributed by atoms with Gasteiger partial charge in [0.1, 0.15) is 5.82 Å². The van der Waals surface area contributed by atoms with Gasteiger partial charge in [-0.25, -0.2) is 4.39 Å². The highest BCUT2D eigenvalue weighted by molar-refractivity contribution is 7.26. The van der Waals surface area contributed by atoms with Gasteiger partial charge >= 0.3 is 0 Å². The van der Waals surface area contributed by atoms with Gasteiger partial charge in [0.2, 0.25) is 0 Å². The summed E-state index contributed by atoms with van der Waals surface area (Å²) in [5.41, 5.74) is 1.32. The van der Waals surface area contributed by atoms with Gasteiger partial charge in [-0.2, -0.15) is 0 Å². The van der Waals surface area contributed by atoms with Crippen LogP contribution in [-0.2, 0) is 0 Å². The quantitative estimate of drug-likeness (QED) is 0.287. The summed E-state index contributed by atoms with van der Waals surface area (Å²) in [5, 5.41) is 5.10. The topological polar surface area (TPSA) is 0 Å². The number of fused-ring (bicyclic) bond motifs is 5. The van der Waals surface area contributed by atoms with Gasteiger partial charge in [-0.1, -0.05) is 66.2 Å². The Hall–Kier alpha value is -2.42. The summed E-state index contributed by atoms with van der Waals surface area (Å²) in [6, 6.07) is 23.5. The fraction of sp³-hybridized carbons (Fsp3) is 0. The van der Waals surface area contributed by atoms with E-state index in [1.807, 2.05) is 18.2 Å². The zero-order valence-electron chi connectivity index (χ0n) is 13.1. The zero-order valence-corrected chi connectivity index (χ0v) is 14.7. The molecule has 0 saturated heterocycles. The van der Waals surface area contributed by atoms with E-state index in [0.29, 0.717) is 10.6 Å². The van der Waals surface area contributed by atoms with Crippen LogP contribution in [-0.4, -0.2) is 0 Å². The molecule has 0 atom stereocenters. The smallest absolute Gasteiger partial charge is 0.132 e. The van der Waals surface area contributed by atoms with Gasteiger partial charge in [0, 0.05) is 25.7 Å². The van der Waals surface area contributed by atoms with Crippen molar-refractivity contribution in [1.29, 1.82) is 0 Å². The van der Waals surface area contributed by atoms with E-state index in [1.165, 1.54) is 21.5 Å². The molecule has 0 unspecified atom stereocenters. The highest BCUT2D eigenvalue weighted by Crippen LogP contribution is 2.44. The molecule has 0 aliphatic rings. The highest BCUT2D eigenvalue weighted by Gasteiger charge is 2.16. The highest BCUT2D eigenvalue weighted by atomic mass is 35.5. The normalized spacial score (nSPS) is 11.6. The molecule has 0 spiro atoms. The predicted molar refractivity (Wildman–Crippen MR) is 107 cm³/mol. The summed E-state index contributed by atoms with van der Waals surface area (Å²) in [5.74, 6) is -0.292. The summed E-state index contributed by atoms with van der Waals surface area (Å²) < 4.78 is 16.9. The van der Waals surface area contributed by atoms with Crippen LogP contribution in [0.4, 0.5) is 4.39 Å². The van der Waals surface area contributed by atoms with E-state index >= 15 is 0 Å². The first kappa shape index (κ1) is 14.9. The van der Waals surface area contributed by atoms with Gasteiger partial charge in [0.05, 0.1) is 5.02 Å². The summed E-state index contributed by atoms with van der Waals surface area (Å²) in [6.07, 6.45) is 0. The molecule has 5 rings (SSSR count). The summed E-state index contributed by atoms with van der Waals surface area (Å²) in [7, 11) is 0. The van der Waals surface area contributed by atoms with Crippen LogP contribution in [0.15, 0.2) is 72.8 Å². The van der Waals surface area contributed by atoms with Gasteiger partial charge in [0.25, 0.3) is 0 Å². The lowest BCUT2D eigenvalue weighted by Crippen LogP contribution is -1.86. The van der Waals surface area contributed by atoms with E-state index in [9.17, 15) is 4.39 Å². The van der Waals surface area contributed by atoms with Crippen molar-refractivity contribution in [3.63, 3.8) is 0 Å². The molecule has 0 saturated carbocycles. The Balaban J connectivity index is 1.98. The molecule has 0 aliphatic heterocycles. The number of rotatable bonds is 1. The zero-order chi connectivity index (χ0) is 17.0. The minimum Gasteiger partial charge on any atom is -0.206 e. The minimum atomic E-state index is -0.292. The molecule has 0 bridgehead atoms. The minimum absolute atomic E-state index is 0.292. The Morgan fingerprint density at radius 1 is 0.760 bits per heavy atom. The van der Waals surface area contributed by atoms with Crippen molar-refractivity contribution in [3.8, 4) is 11.1 Å². The van der Waals surface area contributed by atoms with Gasteiger partial charge in [0.15, 0.2) is 0 Å². The van der Waals surface area contributed by atoms with Crippen molar-refractivity contribution in [1.82, 2.24) is 0 Å². The fourth-order valence-corrected chi connectivity index (χ4v) is 5.05. The lowest BCUT2D eigenvalue weighted by Gasteiger charge is -2.08. The van der Waals surface area contributed by atoms with Crippen molar-refractivity contribution < 1.29 is 4.39 Å². The van der Waals surface area contributed by atoms with Crippen molar-refractivity contribution in [2.45, 2.75) is 0 Å². The lowest BCUT2D eigenvalue weighted by atomic mass is 9.98. The molecular formula is C22H12ClFS. The number of thiophene rings is 1. The largest absolute Gasteiger partial charge is 0.206 e. The van der Waals surface area contributed by atoms with Crippen LogP contribution in [0.1, 0.15) is 0 Å². The van der Waals surface area contributed by atoms with E-state index in [0.717, 1.165) is 21.0 Å². The molecule has 0 fully saturated rings. The summed E-state index contributed by atoms with van der Waals surface area (Å²) in [4.78, 5) is 0. The number of hydrogen-bond donors (Lipinski definition) is 0. The third-order valence-electron chi connectivity index (χ3n) is 4.62. The van der Waals surface area contributed by atoms with Crippen molar-refractivity contribution in [3.05, 3.63) is 83.6 Å². The van der Waals surface area contributed by atoms with E-state index < -0.39 is 0 Å². The second-order valence-electron chi connectivity index (χ2n) is 6.04. The second-order valence-corrected chi connectivity index (χ2v) is 7.50. The average Bonchev–Trinajstić information content (AvgIpc) is 3.01. The number of benzene rings is 4. The molecule has 0 radical (unpaired) electrons. The Morgan fingerprint density at radius 2 is 1.60 bits per heavy atom. The summed E-state index contributed by atoms with van der Waals surface area (Å²) in [6.45, 7) is 0. The Morgan fingerprint density at radius 3 is 2.48 bits per heavy atom. The van der Waals surface area contributed by atoms with Gasteiger partial charge in [-0.15, -0.1) is 11.3 Å². The number of hydrogen-bond acceptors (Lipinski definition) is 1. The van der Waals surface area contributed by atoms with E-state index in [2.05, 4.69) is 36.4 Å². The van der Waals surface area contributed by atoms with Crippen LogP contribution < -0.4 is 0 Å². The van der Waals surface area contributed by atoms with Crippen LogP contribution in [0.25, 0.3) is 42.1 Å². The van der Waals surface area contributed by atoms with Gasteiger partial charge < -0.3 is 0 Å². The first-order chi connectivity index (χ1) is 12.2. The SMILES string of the molecule is Fc1cccc(Cl)c1-c1cccc2sc3c4ccccc4ccc3c12. The Kier molecular flexibility index (Phi) is 3.30.